The fourth-order valence-electron chi connectivity index (χ4n) is 4.60. The number of piperidine rings is 1. The highest BCUT2D eigenvalue weighted by Gasteiger charge is 2.45. The van der Waals surface area contributed by atoms with Crippen LogP contribution < -0.4 is 0 Å². The molecule has 4 rings (SSSR count). The Hall–Kier alpha value is -0.520. The molecule has 3 aliphatic rings. The number of likely N-dealkylation sites (tertiary alicyclic amines) is 1. The normalized spacial score (nSPS) is 31.4. The number of halogens is 2. The Kier molecular flexibility index (Phi) is 4.69. The van der Waals surface area contributed by atoms with Crippen molar-refractivity contribution in [2.24, 2.45) is 5.92 Å². The summed E-state index contributed by atoms with van der Waals surface area (Å²) >= 11 is 1.58. The van der Waals surface area contributed by atoms with E-state index in [2.05, 4.69) is 11.8 Å². The number of nitrogens with zero attached hydrogens (tertiary/aromatic N) is 1. The Morgan fingerprint density at radius 2 is 2.25 bits per heavy atom. The van der Waals surface area contributed by atoms with E-state index >= 15 is 0 Å². The van der Waals surface area contributed by atoms with Gasteiger partial charge in [-0.3, -0.25) is 0 Å². The van der Waals surface area contributed by atoms with E-state index in [-0.39, 0.29) is 12.0 Å². The minimum absolute atomic E-state index is 0.114. The lowest BCUT2D eigenvalue weighted by Crippen LogP contribution is -2.51. The third-order valence-corrected chi connectivity index (χ3v) is 7.53. The number of ether oxygens (including phenoxy) is 1. The molecule has 2 aliphatic heterocycles. The number of alkyl halides is 2. The van der Waals surface area contributed by atoms with Gasteiger partial charge in [0.2, 0.25) is 6.43 Å². The van der Waals surface area contributed by atoms with Crippen molar-refractivity contribution >= 4 is 11.3 Å². The molecule has 1 aromatic heterocycles. The van der Waals surface area contributed by atoms with Crippen LogP contribution in [0.5, 0.6) is 0 Å². The summed E-state index contributed by atoms with van der Waals surface area (Å²) in [5, 5.41) is 0. The molecule has 1 saturated heterocycles. The molecule has 0 aromatic carbocycles. The van der Waals surface area contributed by atoms with E-state index in [4.69, 9.17) is 4.74 Å². The van der Waals surface area contributed by atoms with Crippen molar-refractivity contribution in [3.8, 4) is 0 Å². The van der Waals surface area contributed by atoms with Crippen LogP contribution in [0.15, 0.2) is 6.07 Å². The van der Waals surface area contributed by atoms with Crippen molar-refractivity contribution in [3.63, 3.8) is 0 Å². The lowest BCUT2D eigenvalue weighted by Gasteiger charge is -2.48. The lowest BCUT2D eigenvalue weighted by atomic mass is 9.80. The van der Waals surface area contributed by atoms with Gasteiger partial charge in [0.1, 0.15) is 5.60 Å². The fourth-order valence-corrected chi connectivity index (χ4v) is 6.00. The van der Waals surface area contributed by atoms with Gasteiger partial charge in [-0.05, 0) is 56.6 Å². The molecule has 0 N–H and O–H groups in total. The van der Waals surface area contributed by atoms with Gasteiger partial charge in [0.05, 0.1) is 6.61 Å². The van der Waals surface area contributed by atoms with Gasteiger partial charge in [0.25, 0.3) is 0 Å². The lowest BCUT2D eigenvalue weighted by molar-refractivity contribution is -0.111. The molecule has 0 bridgehead atoms. The molecule has 2 nitrogen and oxygen atoms in total. The summed E-state index contributed by atoms with van der Waals surface area (Å²) in [4.78, 5) is 4.70. The van der Waals surface area contributed by atoms with Gasteiger partial charge in [-0.1, -0.05) is 6.42 Å². The maximum Gasteiger partial charge on any atom is 0.243 e. The molecule has 1 spiro atoms. The molecule has 134 valence electrons. The minimum Gasteiger partial charge on any atom is -0.369 e. The fraction of sp³-hybridized carbons (Fsp3) is 0.789. The SMILES string of the molecule is C[C@H]1C[C@@]2(CCN1CC1CCC1)OCCc1cc(CC(F)F)sc12. The maximum atomic E-state index is 12.8. The number of hydrogen-bond acceptors (Lipinski definition) is 3. The van der Waals surface area contributed by atoms with Crippen molar-refractivity contribution in [1.82, 2.24) is 4.90 Å². The summed E-state index contributed by atoms with van der Waals surface area (Å²) in [6.45, 7) is 5.34. The van der Waals surface area contributed by atoms with E-state index in [1.165, 1.54) is 36.2 Å². The average Bonchev–Trinajstić information content (AvgIpc) is 2.88. The zero-order chi connectivity index (χ0) is 16.7. The van der Waals surface area contributed by atoms with E-state index in [0.29, 0.717) is 6.04 Å². The molecule has 0 radical (unpaired) electrons. The van der Waals surface area contributed by atoms with Crippen molar-refractivity contribution in [2.75, 3.05) is 19.7 Å². The predicted molar refractivity (Wildman–Crippen MR) is 93.0 cm³/mol. The Morgan fingerprint density at radius 3 is 2.92 bits per heavy atom. The van der Waals surface area contributed by atoms with Gasteiger partial charge >= 0.3 is 0 Å². The van der Waals surface area contributed by atoms with Gasteiger partial charge in [-0.25, -0.2) is 8.78 Å². The van der Waals surface area contributed by atoms with E-state index in [9.17, 15) is 8.78 Å². The van der Waals surface area contributed by atoms with Crippen LogP contribution in [0.2, 0.25) is 0 Å². The summed E-state index contributed by atoms with van der Waals surface area (Å²) in [6.07, 6.45) is 4.67. The molecule has 0 amide bonds. The molecule has 2 fully saturated rings. The third-order valence-electron chi connectivity index (χ3n) is 6.15. The molecule has 5 heteroatoms. The highest BCUT2D eigenvalue weighted by Crippen LogP contribution is 2.47. The molecule has 3 heterocycles. The van der Waals surface area contributed by atoms with Gasteiger partial charge in [-0.2, -0.15) is 0 Å². The molecule has 0 unspecified atom stereocenters. The Bertz CT molecular complexity index is 586. The second-order valence-electron chi connectivity index (χ2n) is 7.85. The van der Waals surface area contributed by atoms with Gasteiger partial charge in [-0.15, -0.1) is 11.3 Å². The summed E-state index contributed by atoms with van der Waals surface area (Å²) in [5.74, 6) is 0.892. The van der Waals surface area contributed by atoms with E-state index in [1.54, 1.807) is 11.3 Å². The largest absolute Gasteiger partial charge is 0.369 e. The van der Waals surface area contributed by atoms with E-state index in [1.807, 2.05) is 6.07 Å². The van der Waals surface area contributed by atoms with Crippen LogP contribution in [-0.4, -0.2) is 37.1 Å². The molecule has 1 aliphatic carbocycles. The summed E-state index contributed by atoms with van der Waals surface area (Å²) in [6, 6.07) is 2.52. The summed E-state index contributed by atoms with van der Waals surface area (Å²) in [7, 11) is 0. The second kappa shape index (κ2) is 6.65. The molecular formula is C19H27F2NOS. The van der Waals surface area contributed by atoms with Gasteiger partial charge in [0.15, 0.2) is 0 Å². The Balaban J connectivity index is 1.51. The monoisotopic (exact) mass is 355 g/mol. The maximum absolute atomic E-state index is 12.8. The van der Waals surface area contributed by atoms with Crippen LogP contribution in [0.4, 0.5) is 8.78 Å². The topological polar surface area (TPSA) is 12.5 Å². The minimum atomic E-state index is -2.26. The van der Waals surface area contributed by atoms with Crippen LogP contribution in [0.3, 0.4) is 0 Å². The second-order valence-corrected chi connectivity index (χ2v) is 8.99. The Labute approximate surface area is 147 Å². The van der Waals surface area contributed by atoms with Crippen molar-refractivity contribution in [2.45, 2.75) is 69.9 Å². The molecule has 2 atom stereocenters. The highest BCUT2D eigenvalue weighted by molar-refractivity contribution is 7.12. The van der Waals surface area contributed by atoms with E-state index in [0.717, 1.165) is 43.2 Å². The molecular weight excluding hydrogens is 328 g/mol. The highest BCUT2D eigenvalue weighted by atomic mass is 32.1. The van der Waals surface area contributed by atoms with Crippen LogP contribution in [-0.2, 0) is 23.2 Å². The zero-order valence-corrected chi connectivity index (χ0v) is 15.2. The van der Waals surface area contributed by atoms with Crippen LogP contribution >= 0.6 is 11.3 Å². The van der Waals surface area contributed by atoms with Gasteiger partial charge in [0, 0.05) is 35.3 Å². The number of thiophene rings is 1. The predicted octanol–water partition coefficient (Wildman–Crippen LogP) is 4.61. The first-order valence-electron chi connectivity index (χ1n) is 9.34. The Morgan fingerprint density at radius 1 is 1.42 bits per heavy atom. The van der Waals surface area contributed by atoms with Crippen LogP contribution in [0.25, 0.3) is 0 Å². The van der Waals surface area contributed by atoms with Gasteiger partial charge < -0.3 is 9.64 Å². The first kappa shape index (κ1) is 16.9. The number of hydrogen-bond donors (Lipinski definition) is 0. The van der Waals surface area contributed by atoms with Crippen LogP contribution in [0, 0.1) is 5.92 Å². The first-order valence-corrected chi connectivity index (χ1v) is 10.2. The third kappa shape index (κ3) is 3.15. The average molecular weight is 355 g/mol. The number of rotatable bonds is 4. The molecule has 1 saturated carbocycles. The molecule has 1 aromatic rings. The van der Waals surface area contributed by atoms with E-state index < -0.39 is 6.43 Å². The first-order chi connectivity index (χ1) is 11.6. The van der Waals surface area contributed by atoms with Crippen molar-refractivity contribution < 1.29 is 13.5 Å². The standard InChI is InChI=1S/C19H27F2NOS/c1-13-11-19(6-7-22(13)12-14-3-2-4-14)18-15(5-8-23-19)9-16(24-18)10-17(20)21/h9,13-14,17H,2-8,10-12H2,1H3/t13-,19+/m0/s1. The summed E-state index contributed by atoms with van der Waals surface area (Å²) < 4.78 is 31.8. The molecule has 24 heavy (non-hydrogen) atoms. The smallest absolute Gasteiger partial charge is 0.243 e. The van der Waals surface area contributed by atoms with Crippen molar-refractivity contribution in [1.29, 1.82) is 0 Å². The van der Waals surface area contributed by atoms with Crippen LogP contribution in [0.1, 0.15) is 54.3 Å². The zero-order valence-electron chi connectivity index (χ0n) is 14.4. The summed E-state index contributed by atoms with van der Waals surface area (Å²) in [5.41, 5.74) is 1.05. The number of fused-ring (bicyclic) bond motifs is 2. The quantitative estimate of drug-likeness (QED) is 0.782. The van der Waals surface area contributed by atoms with Crippen molar-refractivity contribution in [3.05, 3.63) is 21.4 Å².